The van der Waals surface area contributed by atoms with E-state index in [0.29, 0.717) is 23.3 Å². The number of fused-ring (bicyclic) bond motifs is 2. The van der Waals surface area contributed by atoms with E-state index in [-0.39, 0.29) is 11.1 Å². The lowest BCUT2D eigenvalue weighted by Crippen LogP contribution is -2.54. The number of halogens is 2. The highest BCUT2D eigenvalue weighted by Crippen LogP contribution is 2.44. The van der Waals surface area contributed by atoms with Crippen molar-refractivity contribution in [2.75, 3.05) is 11.9 Å². The Morgan fingerprint density at radius 3 is 2.77 bits per heavy atom. The minimum Gasteiger partial charge on any atom is -0.389 e. The number of allylic oxidation sites excluding steroid dienone is 1. The second-order valence-electron chi connectivity index (χ2n) is 8.45. The van der Waals surface area contributed by atoms with Gasteiger partial charge in [0.1, 0.15) is 11.6 Å². The summed E-state index contributed by atoms with van der Waals surface area (Å²) in [6.07, 6.45) is 4.70. The Balaban J connectivity index is 1.94. The van der Waals surface area contributed by atoms with Crippen LogP contribution in [0.4, 0.5) is 14.5 Å². The number of aromatic nitrogens is 1. The molecule has 4 nitrogen and oxygen atoms in total. The molecular formula is C24H27F2N3O. The number of aliphatic hydroxyl groups is 1. The van der Waals surface area contributed by atoms with E-state index in [1.165, 1.54) is 6.07 Å². The van der Waals surface area contributed by atoms with Crippen LogP contribution < -0.4 is 10.6 Å². The van der Waals surface area contributed by atoms with Crippen LogP contribution in [0.1, 0.15) is 37.9 Å². The Kier molecular flexibility index (Phi) is 5.16. The smallest absolute Gasteiger partial charge is 0.140 e. The lowest BCUT2D eigenvalue weighted by Gasteiger charge is -2.44. The van der Waals surface area contributed by atoms with Gasteiger partial charge in [-0.25, -0.2) is 8.78 Å². The monoisotopic (exact) mass is 411 g/mol. The summed E-state index contributed by atoms with van der Waals surface area (Å²) in [6.45, 7) is 7.94. The van der Waals surface area contributed by atoms with Gasteiger partial charge in [-0.1, -0.05) is 30.4 Å². The first-order chi connectivity index (χ1) is 14.3. The van der Waals surface area contributed by atoms with Crippen molar-refractivity contribution in [2.45, 2.75) is 45.4 Å². The molecule has 1 aliphatic rings. The predicted octanol–water partition coefficient (Wildman–Crippen LogP) is 5.19. The van der Waals surface area contributed by atoms with Crippen LogP contribution in [0.25, 0.3) is 22.0 Å². The lowest BCUT2D eigenvalue weighted by molar-refractivity contribution is 0.0684. The molecule has 1 aliphatic heterocycles. The maximum absolute atomic E-state index is 16.0. The minimum atomic E-state index is -0.911. The Bertz CT molecular complexity index is 1130. The van der Waals surface area contributed by atoms with Gasteiger partial charge in [0, 0.05) is 34.9 Å². The average Bonchev–Trinajstić information content (AvgIpc) is 3.07. The SMILES string of the molecule is C/C=C/CNC1c2c(cc(F)c(-c3cccc4c(C)c[nH]c34)c2F)NC(C)(C)[C@@H]1O. The zero-order chi connectivity index (χ0) is 21.6. The van der Waals surface area contributed by atoms with Gasteiger partial charge in [-0.15, -0.1) is 0 Å². The molecular weight excluding hydrogens is 384 g/mol. The molecule has 4 rings (SSSR count). The fourth-order valence-electron chi connectivity index (χ4n) is 4.31. The molecule has 3 aromatic rings. The maximum atomic E-state index is 16.0. The molecule has 0 radical (unpaired) electrons. The molecule has 0 saturated carbocycles. The first kappa shape index (κ1) is 20.6. The van der Waals surface area contributed by atoms with E-state index in [1.54, 1.807) is 12.1 Å². The molecule has 0 bridgehead atoms. The Labute approximate surface area is 175 Å². The fraction of sp³-hybridized carbons (Fsp3) is 0.333. The van der Waals surface area contributed by atoms with Gasteiger partial charge in [-0.3, -0.25) is 0 Å². The summed E-state index contributed by atoms with van der Waals surface area (Å²) in [5.41, 5.74) is 1.93. The van der Waals surface area contributed by atoms with Crippen LogP contribution >= 0.6 is 0 Å². The van der Waals surface area contributed by atoms with Crippen LogP contribution in [0.15, 0.2) is 42.6 Å². The summed E-state index contributed by atoms with van der Waals surface area (Å²) < 4.78 is 31.2. The zero-order valence-corrected chi connectivity index (χ0v) is 17.6. The molecule has 0 aliphatic carbocycles. The normalized spacial score (nSPS) is 20.5. The first-order valence-electron chi connectivity index (χ1n) is 10.2. The number of aryl methyl sites for hydroxylation is 1. The number of aliphatic hydroxyl groups excluding tert-OH is 1. The molecule has 0 spiro atoms. The number of aromatic amines is 1. The third kappa shape index (κ3) is 3.20. The van der Waals surface area contributed by atoms with Gasteiger partial charge < -0.3 is 20.7 Å². The summed E-state index contributed by atoms with van der Waals surface area (Å²) in [5, 5.41) is 18.2. The molecule has 0 fully saturated rings. The van der Waals surface area contributed by atoms with E-state index < -0.39 is 29.3 Å². The van der Waals surface area contributed by atoms with E-state index in [0.717, 1.165) is 10.9 Å². The van der Waals surface area contributed by atoms with Crippen molar-refractivity contribution in [2.24, 2.45) is 0 Å². The van der Waals surface area contributed by atoms with Gasteiger partial charge in [-0.05, 0) is 39.3 Å². The van der Waals surface area contributed by atoms with Gasteiger partial charge >= 0.3 is 0 Å². The van der Waals surface area contributed by atoms with E-state index in [9.17, 15) is 5.11 Å². The molecule has 1 unspecified atom stereocenters. The van der Waals surface area contributed by atoms with Crippen LogP contribution in [0, 0.1) is 18.6 Å². The van der Waals surface area contributed by atoms with E-state index in [2.05, 4.69) is 15.6 Å². The summed E-state index contributed by atoms with van der Waals surface area (Å²) in [5.74, 6) is -1.30. The van der Waals surface area contributed by atoms with Crippen LogP contribution in [-0.2, 0) is 0 Å². The van der Waals surface area contributed by atoms with Gasteiger partial charge in [0.2, 0.25) is 0 Å². The van der Waals surface area contributed by atoms with E-state index in [1.807, 2.05) is 52.1 Å². The fourth-order valence-corrected chi connectivity index (χ4v) is 4.31. The summed E-state index contributed by atoms with van der Waals surface area (Å²) in [4.78, 5) is 3.14. The van der Waals surface area contributed by atoms with Crippen molar-refractivity contribution in [3.8, 4) is 11.1 Å². The van der Waals surface area contributed by atoms with E-state index in [4.69, 9.17) is 0 Å². The molecule has 30 heavy (non-hydrogen) atoms. The molecule has 158 valence electrons. The lowest BCUT2D eigenvalue weighted by atomic mass is 9.81. The molecule has 2 atom stereocenters. The van der Waals surface area contributed by atoms with Crippen LogP contribution in [0.2, 0.25) is 0 Å². The summed E-state index contributed by atoms with van der Waals surface area (Å²) in [6, 6.07) is 6.09. The molecule has 0 amide bonds. The molecule has 0 saturated heterocycles. The zero-order valence-electron chi connectivity index (χ0n) is 17.6. The Morgan fingerprint density at radius 2 is 2.03 bits per heavy atom. The van der Waals surface area contributed by atoms with Crippen molar-refractivity contribution >= 4 is 16.6 Å². The van der Waals surface area contributed by atoms with Gasteiger partial charge in [0.05, 0.1) is 28.8 Å². The largest absolute Gasteiger partial charge is 0.389 e. The number of hydrogen-bond donors (Lipinski definition) is 4. The van der Waals surface area contributed by atoms with Crippen LogP contribution in [-0.4, -0.2) is 28.3 Å². The summed E-state index contributed by atoms with van der Waals surface area (Å²) in [7, 11) is 0. The molecule has 2 heterocycles. The average molecular weight is 411 g/mol. The van der Waals surface area contributed by atoms with E-state index >= 15 is 8.78 Å². The standard InChI is InChI=1S/C24H27F2N3O/c1-5-6-10-27-22-19-17(29-24(3,4)23(22)30)11-16(25)18(20(19)26)15-9-7-8-14-13(2)12-28-21(14)15/h5-9,11-12,22-23,27-30H,10H2,1-4H3/b6-5+/t22?,23-/m1/s1. The number of para-hydroxylation sites is 1. The van der Waals surface area contributed by atoms with Crippen LogP contribution in [0.3, 0.4) is 0 Å². The predicted molar refractivity (Wildman–Crippen MR) is 118 cm³/mol. The number of H-pyrrole nitrogens is 1. The number of hydrogen-bond acceptors (Lipinski definition) is 3. The van der Waals surface area contributed by atoms with Crippen LogP contribution in [0.5, 0.6) is 0 Å². The number of anilines is 1. The van der Waals surface area contributed by atoms with Gasteiger partial charge in [-0.2, -0.15) is 0 Å². The van der Waals surface area contributed by atoms with Crippen molar-refractivity contribution in [1.29, 1.82) is 0 Å². The molecule has 6 heteroatoms. The highest BCUT2D eigenvalue weighted by molar-refractivity contribution is 5.96. The number of benzene rings is 2. The van der Waals surface area contributed by atoms with Gasteiger partial charge in [0.25, 0.3) is 0 Å². The van der Waals surface area contributed by atoms with Crippen molar-refractivity contribution < 1.29 is 13.9 Å². The van der Waals surface area contributed by atoms with Crippen molar-refractivity contribution in [3.63, 3.8) is 0 Å². The van der Waals surface area contributed by atoms with Crippen molar-refractivity contribution in [3.05, 3.63) is 65.4 Å². The molecule has 2 aromatic carbocycles. The third-order valence-electron chi connectivity index (χ3n) is 5.96. The van der Waals surface area contributed by atoms with Gasteiger partial charge in [0.15, 0.2) is 0 Å². The number of nitrogens with one attached hydrogen (secondary N) is 3. The summed E-state index contributed by atoms with van der Waals surface area (Å²) >= 11 is 0. The Hall–Kier alpha value is -2.70. The minimum absolute atomic E-state index is 0.0901. The highest BCUT2D eigenvalue weighted by Gasteiger charge is 2.43. The quantitative estimate of drug-likeness (QED) is 0.447. The van der Waals surface area contributed by atoms with Crippen molar-refractivity contribution in [1.82, 2.24) is 10.3 Å². The third-order valence-corrected chi connectivity index (χ3v) is 5.96. The molecule has 1 aromatic heterocycles. The second kappa shape index (κ2) is 7.52. The number of rotatable bonds is 4. The Morgan fingerprint density at radius 1 is 1.27 bits per heavy atom. The topological polar surface area (TPSA) is 60.1 Å². The highest BCUT2D eigenvalue weighted by atomic mass is 19.1. The maximum Gasteiger partial charge on any atom is 0.140 e. The first-order valence-corrected chi connectivity index (χ1v) is 10.2. The molecule has 4 N–H and O–H groups in total. The second-order valence-corrected chi connectivity index (χ2v) is 8.45.